The van der Waals surface area contributed by atoms with Gasteiger partial charge in [0.15, 0.2) is 0 Å². The minimum absolute atomic E-state index is 0.0212. The summed E-state index contributed by atoms with van der Waals surface area (Å²) in [5.41, 5.74) is -0.318. The predicted molar refractivity (Wildman–Crippen MR) is 62.1 cm³/mol. The van der Waals surface area contributed by atoms with E-state index in [1.807, 2.05) is 20.8 Å². The Balaban J connectivity index is 4.10. The fourth-order valence-corrected chi connectivity index (χ4v) is 1.86. The average molecular weight is 235 g/mol. The van der Waals surface area contributed by atoms with Crippen LogP contribution in [-0.2, 0) is 10.0 Å². The molecular formula is C10H21NO3S. The minimum atomic E-state index is -3.28. The molecular weight excluding hydrogens is 214 g/mol. The summed E-state index contributed by atoms with van der Waals surface area (Å²) in [6, 6.07) is 0. The van der Waals surface area contributed by atoms with Crippen molar-refractivity contribution in [3.8, 4) is 0 Å². The molecule has 0 saturated carbocycles. The highest BCUT2D eigenvalue weighted by Gasteiger charge is 2.23. The minimum Gasteiger partial charge on any atom is -0.391 e. The molecule has 4 nitrogen and oxygen atoms in total. The highest BCUT2D eigenvalue weighted by Crippen LogP contribution is 2.18. The van der Waals surface area contributed by atoms with Crippen molar-refractivity contribution in [1.82, 2.24) is 4.72 Å². The monoisotopic (exact) mass is 235 g/mol. The van der Waals surface area contributed by atoms with E-state index in [4.69, 9.17) is 0 Å². The van der Waals surface area contributed by atoms with Crippen LogP contribution in [-0.4, -0.2) is 31.9 Å². The van der Waals surface area contributed by atoms with Gasteiger partial charge in [0.2, 0.25) is 10.0 Å². The fraction of sp³-hybridized carbons (Fsp3) is 0.800. The summed E-state index contributed by atoms with van der Waals surface area (Å²) >= 11 is 0. The quantitative estimate of drug-likeness (QED) is 0.672. The molecule has 0 aromatic carbocycles. The molecule has 0 radical (unpaired) electrons. The van der Waals surface area contributed by atoms with Crippen LogP contribution in [0.1, 0.15) is 27.2 Å². The van der Waals surface area contributed by atoms with E-state index >= 15 is 0 Å². The highest BCUT2D eigenvalue weighted by molar-refractivity contribution is 7.89. The van der Waals surface area contributed by atoms with E-state index in [0.717, 1.165) is 0 Å². The zero-order valence-electron chi connectivity index (χ0n) is 9.66. The zero-order valence-corrected chi connectivity index (χ0v) is 10.5. The topological polar surface area (TPSA) is 66.4 Å². The largest absolute Gasteiger partial charge is 0.391 e. The number of hydrogen-bond acceptors (Lipinski definition) is 3. The van der Waals surface area contributed by atoms with Crippen LogP contribution in [0.2, 0.25) is 0 Å². The van der Waals surface area contributed by atoms with Gasteiger partial charge >= 0.3 is 0 Å². The molecule has 15 heavy (non-hydrogen) atoms. The molecule has 0 amide bonds. The first kappa shape index (κ1) is 14.6. The highest BCUT2D eigenvalue weighted by atomic mass is 32.2. The van der Waals surface area contributed by atoms with E-state index in [0.29, 0.717) is 6.42 Å². The lowest BCUT2D eigenvalue weighted by Crippen LogP contribution is -2.39. The Morgan fingerprint density at radius 3 is 2.40 bits per heavy atom. The van der Waals surface area contributed by atoms with Crippen molar-refractivity contribution in [2.45, 2.75) is 33.3 Å². The fourth-order valence-electron chi connectivity index (χ4n) is 0.823. The van der Waals surface area contributed by atoms with Crippen molar-refractivity contribution in [3.05, 3.63) is 12.7 Å². The Labute approximate surface area is 92.4 Å². The summed E-state index contributed by atoms with van der Waals surface area (Å²) in [5.74, 6) is 0.0212. The molecule has 0 saturated heterocycles. The van der Waals surface area contributed by atoms with Crippen LogP contribution in [0.3, 0.4) is 0 Å². The molecule has 0 aromatic heterocycles. The molecule has 0 aliphatic carbocycles. The predicted octanol–water partition coefficient (Wildman–Crippen LogP) is 0.889. The SMILES string of the molecule is C=CCCS(=O)(=O)NCC(O)C(C)(C)C. The molecule has 0 aromatic rings. The van der Waals surface area contributed by atoms with Gasteiger partial charge in [-0.1, -0.05) is 26.8 Å². The lowest BCUT2D eigenvalue weighted by atomic mass is 9.89. The first-order valence-electron chi connectivity index (χ1n) is 4.95. The standard InChI is InChI=1S/C10H21NO3S/c1-5-6-7-15(13,14)11-8-9(12)10(2,3)4/h5,9,11-12H,1,6-8H2,2-4H3. The van der Waals surface area contributed by atoms with Gasteiger partial charge in [-0.25, -0.2) is 13.1 Å². The zero-order chi connectivity index (χ0) is 12.1. The summed E-state index contributed by atoms with van der Waals surface area (Å²) < 4.78 is 25.1. The van der Waals surface area contributed by atoms with Crippen molar-refractivity contribution >= 4 is 10.0 Å². The van der Waals surface area contributed by atoms with Gasteiger partial charge in [-0.15, -0.1) is 6.58 Å². The normalized spacial score (nSPS) is 14.9. The van der Waals surface area contributed by atoms with Crippen molar-refractivity contribution in [1.29, 1.82) is 0 Å². The molecule has 5 heteroatoms. The Bertz CT molecular complexity index is 290. The third-order valence-corrected chi connectivity index (χ3v) is 3.47. The molecule has 2 N–H and O–H groups in total. The summed E-state index contributed by atoms with van der Waals surface area (Å²) in [7, 11) is -3.28. The van der Waals surface area contributed by atoms with Gasteiger partial charge in [0, 0.05) is 6.54 Å². The van der Waals surface area contributed by atoms with Crippen LogP contribution in [0.25, 0.3) is 0 Å². The Morgan fingerprint density at radius 1 is 1.47 bits per heavy atom. The van der Waals surface area contributed by atoms with Crippen molar-refractivity contribution < 1.29 is 13.5 Å². The molecule has 0 aliphatic heterocycles. The van der Waals surface area contributed by atoms with Gasteiger partial charge in [0.25, 0.3) is 0 Å². The van der Waals surface area contributed by atoms with Gasteiger partial charge in [0.1, 0.15) is 0 Å². The van der Waals surface area contributed by atoms with E-state index in [-0.39, 0.29) is 17.7 Å². The van der Waals surface area contributed by atoms with Crippen molar-refractivity contribution in [3.63, 3.8) is 0 Å². The van der Waals surface area contributed by atoms with Crippen molar-refractivity contribution in [2.24, 2.45) is 5.41 Å². The Kier molecular flexibility index (Phi) is 5.48. The van der Waals surface area contributed by atoms with E-state index in [1.165, 1.54) is 0 Å². The molecule has 0 aliphatic rings. The molecule has 0 bridgehead atoms. The van der Waals surface area contributed by atoms with E-state index in [1.54, 1.807) is 6.08 Å². The summed E-state index contributed by atoms with van der Waals surface area (Å²) in [6.45, 7) is 9.09. The molecule has 0 rings (SSSR count). The average Bonchev–Trinajstić information content (AvgIpc) is 2.09. The second kappa shape index (κ2) is 5.63. The molecule has 1 unspecified atom stereocenters. The van der Waals surface area contributed by atoms with Crippen LogP contribution >= 0.6 is 0 Å². The van der Waals surface area contributed by atoms with Crippen LogP contribution in [0, 0.1) is 5.41 Å². The number of aliphatic hydroxyl groups excluding tert-OH is 1. The number of allylic oxidation sites excluding steroid dienone is 1. The Morgan fingerprint density at radius 2 is 2.00 bits per heavy atom. The number of hydrogen-bond donors (Lipinski definition) is 2. The van der Waals surface area contributed by atoms with Gasteiger partial charge in [-0.05, 0) is 11.8 Å². The second-order valence-corrected chi connectivity index (χ2v) is 6.55. The molecule has 1 atom stereocenters. The summed E-state index contributed by atoms with van der Waals surface area (Å²) in [5, 5.41) is 9.63. The van der Waals surface area contributed by atoms with Crippen LogP contribution in [0.5, 0.6) is 0 Å². The van der Waals surface area contributed by atoms with Gasteiger partial charge < -0.3 is 5.11 Å². The first-order valence-corrected chi connectivity index (χ1v) is 6.60. The maximum atomic E-state index is 11.4. The van der Waals surface area contributed by atoms with Crippen LogP contribution < -0.4 is 4.72 Å². The maximum absolute atomic E-state index is 11.4. The molecule has 90 valence electrons. The molecule has 0 fully saturated rings. The summed E-state index contributed by atoms with van der Waals surface area (Å²) in [6.07, 6.45) is 1.29. The van der Waals surface area contributed by atoms with Gasteiger partial charge in [-0.3, -0.25) is 0 Å². The number of sulfonamides is 1. The summed E-state index contributed by atoms with van der Waals surface area (Å²) in [4.78, 5) is 0. The smallest absolute Gasteiger partial charge is 0.211 e. The lowest BCUT2D eigenvalue weighted by Gasteiger charge is -2.25. The first-order chi connectivity index (χ1) is 6.69. The van der Waals surface area contributed by atoms with E-state index < -0.39 is 16.1 Å². The number of rotatable bonds is 6. The van der Waals surface area contributed by atoms with Crippen LogP contribution in [0.4, 0.5) is 0 Å². The Hall–Kier alpha value is -0.390. The second-order valence-electron chi connectivity index (χ2n) is 4.63. The molecule has 0 heterocycles. The number of nitrogens with one attached hydrogen (secondary N) is 1. The van der Waals surface area contributed by atoms with E-state index in [2.05, 4.69) is 11.3 Å². The van der Waals surface area contributed by atoms with Gasteiger partial charge in [0.05, 0.1) is 11.9 Å². The molecule has 0 spiro atoms. The van der Waals surface area contributed by atoms with E-state index in [9.17, 15) is 13.5 Å². The number of aliphatic hydroxyl groups is 1. The third kappa shape index (κ3) is 6.65. The maximum Gasteiger partial charge on any atom is 0.211 e. The van der Waals surface area contributed by atoms with Crippen molar-refractivity contribution in [2.75, 3.05) is 12.3 Å². The van der Waals surface area contributed by atoms with Gasteiger partial charge in [-0.2, -0.15) is 0 Å². The lowest BCUT2D eigenvalue weighted by molar-refractivity contribution is 0.0677. The third-order valence-electron chi connectivity index (χ3n) is 2.09. The van der Waals surface area contributed by atoms with Crippen LogP contribution in [0.15, 0.2) is 12.7 Å².